The molecule has 0 saturated heterocycles. The van der Waals surface area contributed by atoms with Crippen molar-refractivity contribution in [3.8, 4) is 10.4 Å². The third-order valence-corrected chi connectivity index (χ3v) is 5.37. The Morgan fingerprint density at radius 3 is 2.46 bits per heavy atom. The van der Waals surface area contributed by atoms with Crippen molar-refractivity contribution < 1.29 is 0 Å². The van der Waals surface area contributed by atoms with E-state index in [0.717, 1.165) is 40.2 Å². The van der Waals surface area contributed by atoms with Crippen molar-refractivity contribution in [1.82, 2.24) is 4.57 Å². The SMILES string of the molecule is CCCCCn1c(=O)cc(-c2ccccc2)sc1=Nc1ccc(Cl)cc1. The predicted molar refractivity (Wildman–Crippen MR) is 110 cm³/mol. The van der Waals surface area contributed by atoms with Crippen LogP contribution in [0.2, 0.25) is 5.02 Å². The van der Waals surface area contributed by atoms with Crippen molar-refractivity contribution in [1.29, 1.82) is 0 Å². The Bertz CT molecular complexity index is 975. The van der Waals surface area contributed by atoms with Crippen LogP contribution >= 0.6 is 22.9 Å². The van der Waals surface area contributed by atoms with Gasteiger partial charge >= 0.3 is 0 Å². The molecule has 26 heavy (non-hydrogen) atoms. The molecule has 3 aromatic rings. The second kappa shape index (κ2) is 8.97. The Labute approximate surface area is 162 Å². The van der Waals surface area contributed by atoms with Gasteiger partial charge in [-0.2, -0.15) is 0 Å². The quantitative estimate of drug-likeness (QED) is 0.505. The molecule has 3 rings (SSSR count). The highest BCUT2D eigenvalue weighted by Crippen LogP contribution is 2.20. The number of nitrogens with zero attached hydrogens (tertiary/aromatic N) is 2. The van der Waals surface area contributed by atoms with Gasteiger partial charge in [-0.25, -0.2) is 4.99 Å². The van der Waals surface area contributed by atoms with Crippen molar-refractivity contribution in [3.63, 3.8) is 0 Å². The van der Waals surface area contributed by atoms with Crippen LogP contribution in [0.15, 0.2) is 70.5 Å². The third kappa shape index (κ3) is 4.71. The van der Waals surface area contributed by atoms with E-state index in [2.05, 4.69) is 6.92 Å². The molecular formula is C21H21ClN2OS. The molecule has 1 heterocycles. The molecule has 0 aliphatic rings. The number of hydrogen-bond donors (Lipinski definition) is 0. The van der Waals surface area contributed by atoms with Crippen molar-refractivity contribution >= 4 is 28.6 Å². The lowest BCUT2D eigenvalue weighted by Crippen LogP contribution is -2.31. The Hall–Kier alpha value is -2.17. The van der Waals surface area contributed by atoms with Gasteiger partial charge in [0.05, 0.1) is 5.69 Å². The van der Waals surface area contributed by atoms with Gasteiger partial charge in [-0.1, -0.05) is 73.0 Å². The zero-order valence-corrected chi connectivity index (χ0v) is 16.3. The Morgan fingerprint density at radius 1 is 1.04 bits per heavy atom. The molecule has 5 heteroatoms. The lowest BCUT2D eigenvalue weighted by molar-refractivity contribution is 0.576. The highest BCUT2D eigenvalue weighted by Gasteiger charge is 2.06. The highest BCUT2D eigenvalue weighted by atomic mass is 35.5. The predicted octanol–water partition coefficient (Wildman–Crippen LogP) is 5.65. The topological polar surface area (TPSA) is 34.4 Å². The zero-order valence-electron chi connectivity index (χ0n) is 14.7. The first-order valence-corrected chi connectivity index (χ1v) is 9.97. The second-order valence-electron chi connectivity index (χ2n) is 6.04. The van der Waals surface area contributed by atoms with Gasteiger partial charge in [-0.15, -0.1) is 0 Å². The number of halogens is 1. The Balaban J connectivity index is 2.12. The normalized spacial score (nSPS) is 11.7. The van der Waals surface area contributed by atoms with Crippen molar-refractivity contribution in [2.24, 2.45) is 4.99 Å². The zero-order chi connectivity index (χ0) is 18.4. The highest BCUT2D eigenvalue weighted by molar-refractivity contribution is 7.12. The van der Waals surface area contributed by atoms with Crippen LogP contribution in [0, 0.1) is 0 Å². The molecule has 0 radical (unpaired) electrons. The fourth-order valence-electron chi connectivity index (χ4n) is 2.65. The molecule has 0 amide bonds. The average molecular weight is 385 g/mol. The van der Waals surface area contributed by atoms with Crippen LogP contribution in [0.25, 0.3) is 10.4 Å². The van der Waals surface area contributed by atoms with Crippen LogP contribution in [-0.2, 0) is 6.54 Å². The molecule has 0 fully saturated rings. The van der Waals surface area contributed by atoms with Gasteiger partial charge in [-0.3, -0.25) is 9.36 Å². The van der Waals surface area contributed by atoms with Crippen molar-refractivity contribution in [2.75, 3.05) is 0 Å². The largest absolute Gasteiger partial charge is 0.284 e. The summed E-state index contributed by atoms with van der Waals surface area (Å²) in [5.74, 6) is 0. The van der Waals surface area contributed by atoms with Crippen molar-refractivity contribution in [3.05, 3.63) is 80.8 Å². The second-order valence-corrected chi connectivity index (χ2v) is 7.49. The lowest BCUT2D eigenvalue weighted by Gasteiger charge is -2.08. The minimum Gasteiger partial charge on any atom is -0.284 e. The summed E-state index contributed by atoms with van der Waals surface area (Å²) < 4.78 is 1.78. The molecule has 0 aliphatic carbocycles. The lowest BCUT2D eigenvalue weighted by atomic mass is 10.2. The summed E-state index contributed by atoms with van der Waals surface area (Å²) in [5.41, 5.74) is 1.81. The van der Waals surface area contributed by atoms with E-state index in [0.29, 0.717) is 11.6 Å². The smallest absolute Gasteiger partial charge is 0.254 e. The first kappa shape index (κ1) is 18.6. The van der Waals surface area contributed by atoms with E-state index in [1.165, 1.54) is 11.3 Å². The summed E-state index contributed by atoms with van der Waals surface area (Å²) in [7, 11) is 0. The van der Waals surface area contributed by atoms with Crippen LogP contribution in [0.5, 0.6) is 0 Å². The molecule has 0 bridgehead atoms. The maximum atomic E-state index is 12.8. The summed E-state index contributed by atoms with van der Waals surface area (Å²) in [5, 5.41) is 0.672. The fourth-order valence-corrected chi connectivity index (χ4v) is 3.83. The molecule has 2 aromatic carbocycles. The Kier molecular flexibility index (Phi) is 6.42. The molecular weight excluding hydrogens is 364 g/mol. The van der Waals surface area contributed by atoms with Gasteiger partial charge in [0.25, 0.3) is 5.56 Å². The molecule has 0 N–H and O–H groups in total. The van der Waals surface area contributed by atoms with E-state index >= 15 is 0 Å². The van der Waals surface area contributed by atoms with Crippen LogP contribution < -0.4 is 10.4 Å². The van der Waals surface area contributed by atoms with E-state index in [4.69, 9.17) is 16.6 Å². The molecule has 3 nitrogen and oxygen atoms in total. The van der Waals surface area contributed by atoms with E-state index in [1.807, 2.05) is 54.6 Å². The molecule has 0 spiro atoms. The average Bonchev–Trinajstić information content (AvgIpc) is 2.66. The third-order valence-electron chi connectivity index (χ3n) is 4.05. The molecule has 0 unspecified atom stereocenters. The van der Waals surface area contributed by atoms with Gasteiger partial charge in [0, 0.05) is 22.5 Å². The number of rotatable bonds is 6. The van der Waals surface area contributed by atoms with Crippen molar-refractivity contribution in [2.45, 2.75) is 32.7 Å². The maximum Gasteiger partial charge on any atom is 0.254 e. The monoisotopic (exact) mass is 384 g/mol. The number of unbranched alkanes of at least 4 members (excludes halogenated alkanes) is 2. The van der Waals surface area contributed by atoms with E-state index < -0.39 is 0 Å². The first-order chi connectivity index (χ1) is 12.7. The van der Waals surface area contributed by atoms with Gasteiger partial charge < -0.3 is 0 Å². The standard InChI is InChI=1S/C21H21ClN2OS/c1-2-3-7-14-24-20(25)15-19(16-8-5-4-6-9-16)26-21(24)23-18-12-10-17(22)11-13-18/h4-6,8-13,15H,2-3,7,14H2,1H3. The van der Waals surface area contributed by atoms with E-state index in [1.54, 1.807) is 10.6 Å². The number of hydrogen-bond acceptors (Lipinski definition) is 3. The molecule has 134 valence electrons. The minimum absolute atomic E-state index is 0.00794. The first-order valence-electron chi connectivity index (χ1n) is 8.78. The maximum absolute atomic E-state index is 12.8. The summed E-state index contributed by atoms with van der Waals surface area (Å²) in [6.07, 6.45) is 3.18. The van der Waals surface area contributed by atoms with Gasteiger partial charge in [0.1, 0.15) is 0 Å². The molecule has 0 saturated carbocycles. The van der Waals surface area contributed by atoms with E-state index in [9.17, 15) is 4.79 Å². The Morgan fingerprint density at radius 2 is 1.77 bits per heavy atom. The molecule has 0 atom stereocenters. The van der Waals surface area contributed by atoms with Gasteiger partial charge in [0.15, 0.2) is 4.80 Å². The summed E-state index contributed by atoms with van der Waals surface area (Å²) >= 11 is 7.50. The summed E-state index contributed by atoms with van der Waals surface area (Å²) in [6, 6.07) is 19.0. The molecule has 1 aromatic heterocycles. The van der Waals surface area contributed by atoms with Crippen LogP contribution in [0.3, 0.4) is 0 Å². The van der Waals surface area contributed by atoms with Gasteiger partial charge in [-0.05, 0) is 36.2 Å². The summed E-state index contributed by atoms with van der Waals surface area (Å²) in [6.45, 7) is 2.84. The molecule has 0 aliphatic heterocycles. The van der Waals surface area contributed by atoms with Crippen LogP contribution in [0.4, 0.5) is 5.69 Å². The number of aromatic nitrogens is 1. The van der Waals surface area contributed by atoms with Crippen LogP contribution in [0.1, 0.15) is 26.2 Å². The summed E-state index contributed by atoms with van der Waals surface area (Å²) in [4.78, 5) is 19.1. The van der Waals surface area contributed by atoms with Crippen LogP contribution in [-0.4, -0.2) is 4.57 Å². The van der Waals surface area contributed by atoms with Gasteiger partial charge in [0.2, 0.25) is 0 Å². The minimum atomic E-state index is -0.00794. The number of benzene rings is 2. The van der Waals surface area contributed by atoms with E-state index in [-0.39, 0.29) is 5.56 Å². The fraction of sp³-hybridized carbons (Fsp3) is 0.238.